The first kappa shape index (κ1) is 16.1. The van der Waals surface area contributed by atoms with E-state index in [0.29, 0.717) is 12.5 Å². The fourth-order valence-electron chi connectivity index (χ4n) is 2.61. The van der Waals surface area contributed by atoms with Crippen LogP contribution in [0.15, 0.2) is 41.0 Å². The maximum absolute atomic E-state index is 11.6. The first-order valence-corrected chi connectivity index (χ1v) is 8.49. The van der Waals surface area contributed by atoms with Crippen LogP contribution in [-0.4, -0.2) is 12.6 Å². The van der Waals surface area contributed by atoms with E-state index >= 15 is 0 Å². The van der Waals surface area contributed by atoms with E-state index in [4.69, 9.17) is 0 Å². The molecule has 0 unspecified atom stereocenters. The average Bonchev–Trinajstić information content (AvgIpc) is 2.50. The lowest BCUT2D eigenvalue weighted by Gasteiger charge is -2.17. The first-order valence-electron chi connectivity index (χ1n) is 7.69. The summed E-state index contributed by atoms with van der Waals surface area (Å²) >= 11 is 3.41. The van der Waals surface area contributed by atoms with E-state index in [9.17, 15) is 4.79 Å². The predicted molar refractivity (Wildman–Crippen MR) is 90.1 cm³/mol. The second kappa shape index (κ2) is 8.88. The number of rotatable bonds is 5. The summed E-state index contributed by atoms with van der Waals surface area (Å²) in [6.07, 6.45) is 11.3. The van der Waals surface area contributed by atoms with Crippen molar-refractivity contribution in [2.75, 3.05) is 6.54 Å². The summed E-state index contributed by atoms with van der Waals surface area (Å²) in [4.78, 5) is 11.6. The van der Waals surface area contributed by atoms with E-state index in [-0.39, 0.29) is 6.03 Å². The lowest BCUT2D eigenvalue weighted by Crippen LogP contribution is -2.33. The zero-order valence-corrected chi connectivity index (χ0v) is 13.9. The molecule has 1 saturated carbocycles. The van der Waals surface area contributed by atoms with Gasteiger partial charge in [-0.1, -0.05) is 53.4 Å². The van der Waals surface area contributed by atoms with Crippen molar-refractivity contribution in [2.45, 2.75) is 38.5 Å². The number of allylic oxidation sites excluding steroid dienone is 1. The van der Waals surface area contributed by atoms with Crippen LogP contribution in [0.5, 0.6) is 0 Å². The summed E-state index contributed by atoms with van der Waals surface area (Å²) < 4.78 is 1.07. The van der Waals surface area contributed by atoms with Crippen molar-refractivity contribution in [3.63, 3.8) is 0 Å². The van der Waals surface area contributed by atoms with Gasteiger partial charge in [-0.25, -0.2) is 4.79 Å². The van der Waals surface area contributed by atoms with E-state index in [1.165, 1.54) is 37.7 Å². The van der Waals surface area contributed by atoms with Crippen molar-refractivity contribution >= 4 is 22.0 Å². The van der Waals surface area contributed by atoms with Crippen LogP contribution in [0, 0.1) is 5.92 Å². The van der Waals surface area contributed by atoms with Gasteiger partial charge in [0, 0.05) is 17.2 Å². The molecule has 0 radical (unpaired) electrons. The molecular formula is C17H23BrN2O. The Hall–Kier alpha value is -1.29. The Morgan fingerprint density at radius 2 is 1.90 bits per heavy atom. The van der Waals surface area contributed by atoms with Crippen molar-refractivity contribution in [1.82, 2.24) is 10.6 Å². The smallest absolute Gasteiger partial charge is 0.318 e. The van der Waals surface area contributed by atoms with Gasteiger partial charge in [0.2, 0.25) is 0 Å². The number of carbonyl (C=O) groups is 1. The lowest BCUT2D eigenvalue weighted by molar-refractivity contribution is 0.244. The summed E-state index contributed by atoms with van der Waals surface area (Å²) in [5, 5.41) is 5.66. The molecule has 0 spiro atoms. The Morgan fingerprint density at radius 3 is 2.62 bits per heavy atom. The van der Waals surface area contributed by atoms with E-state index in [1.807, 2.05) is 12.1 Å². The monoisotopic (exact) mass is 350 g/mol. The summed E-state index contributed by atoms with van der Waals surface area (Å²) in [6, 6.07) is 8.03. The molecule has 1 fully saturated rings. The molecule has 3 nitrogen and oxygen atoms in total. The van der Waals surface area contributed by atoms with Crippen molar-refractivity contribution in [3.8, 4) is 0 Å². The number of carbonyl (C=O) groups excluding carboxylic acids is 1. The lowest BCUT2D eigenvalue weighted by atomic mass is 9.89. The van der Waals surface area contributed by atoms with Gasteiger partial charge in [0.15, 0.2) is 0 Å². The zero-order chi connectivity index (χ0) is 14.9. The Labute approximate surface area is 135 Å². The topological polar surface area (TPSA) is 41.1 Å². The fourth-order valence-corrected chi connectivity index (χ4v) is 2.87. The fraction of sp³-hybridized carbons (Fsp3) is 0.471. The van der Waals surface area contributed by atoms with Gasteiger partial charge in [0.1, 0.15) is 0 Å². The van der Waals surface area contributed by atoms with Crippen LogP contribution in [0.2, 0.25) is 0 Å². The molecule has 0 bridgehead atoms. The molecule has 0 aliphatic heterocycles. The van der Waals surface area contributed by atoms with Crippen LogP contribution in [0.4, 0.5) is 4.79 Å². The molecule has 2 amide bonds. The van der Waals surface area contributed by atoms with E-state index in [0.717, 1.165) is 10.9 Å². The highest BCUT2D eigenvalue weighted by atomic mass is 79.9. The highest BCUT2D eigenvalue weighted by Crippen LogP contribution is 2.24. The molecule has 21 heavy (non-hydrogen) atoms. The Balaban J connectivity index is 1.60. The molecule has 0 aromatic heterocycles. The number of hydrogen-bond acceptors (Lipinski definition) is 1. The van der Waals surface area contributed by atoms with E-state index in [2.05, 4.69) is 44.8 Å². The van der Waals surface area contributed by atoms with Crippen molar-refractivity contribution in [3.05, 3.63) is 46.6 Å². The molecule has 4 heteroatoms. The van der Waals surface area contributed by atoms with Crippen LogP contribution in [0.3, 0.4) is 0 Å². The number of benzene rings is 1. The van der Waals surface area contributed by atoms with E-state index < -0.39 is 0 Å². The summed E-state index contributed by atoms with van der Waals surface area (Å²) in [5.74, 6) is 0.641. The van der Waals surface area contributed by atoms with Gasteiger partial charge in [-0.15, -0.1) is 0 Å². The number of halogens is 1. The van der Waals surface area contributed by atoms with Crippen LogP contribution in [-0.2, 0) is 6.42 Å². The minimum absolute atomic E-state index is 0.126. The minimum atomic E-state index is -0.126. The highest BCUT2D eigenvalue weighted by molar-refractivity contribution is 9.10. The Kier molecular flexibility index (Phi) is 6.80. The first-order chi connectivity index (χ1) is 10.2. The Bertz CT molecular complexity index is 464. The maximum Gasteiger partial charge on any atom is 0.318 e. The number of hydrogen-bond donors (Lipinski definition) is 2. The normalized spacial score (nSPS) is 16.0. The number of urea groups is 1. The maximum atomic E-state index is 11.6. The van der Waals surface area contributed by atoms with Gasteiger partial charge in [-0.05, 0) is 42.9 Å². The quantitative estimate of drug-likeness (QED) is 0.812. The minimum Gasteiger partial charge on any atom is -0.338 e. The third-order valence-corrected chi connectivity index (χ3v) is 4.37. The molecule has 0 saturated heterocycles. The van der Waals surface area contributed by atoms with Gasteiger partial charge in [0.05, 0.1) is 0 Å². The van der Waals surface area contributed by atoms with Gasteiger partial charge in [-0.2, -0.15) is 0 Å². The molecule has 0 heterocycles. The number of nitrogens with one attached hydrogen (secondary N) is 2. The zero-order valence-electron chi connectivity index (χ0n) is 12.3. The third-order valence-electron chi connectivity index (χ3n) is 3.85. The highest BCUT2D eigenvalue weighted by Gasteiger charge is 2.09. The second-order valence-corrected chi connectivity index (χ2v) is 6.45. The molecule has 0 atom stereocenters. The molecule has 1 aromatic carbocycles. The molecule has 2 N–H and O–H groups in total. The molecule has 2 rings (SSSR count). The summed E-state index contributed by atoms with van der Waals surface area (Å²) in [6.45, 7) is 0.644. The van der Waals surface area contributed by atoms with Crippen LogP contribution in [0.25, 0.3) is 0 Å². The molecule has 1 aliphatic carbocycles. The molecular weight excluding hydrogens is 328 g/mol. The molecule has 114 valence electrons. The van der Waals surface area contributed by atoms with Crippen molar-refractivity contribution in [2.24, 2.45) is 5.92 Å². The van der Waals surface area contributed by atoms with Crippen molar-refractivity contribution in [1.29, 1.82) is 0 Å². The molecule has 1 aromatic rings. The van der Waals surface area contributed by atoms with Crippen molar-refractivity contribution < 1.29 is 4.79 Å². The van der Waals surface area contributed by atoms with Crippen LogP contribution < -0.4 is 10.6 Å². The Morgan fingerprint density at radius 1 is 1.19 bits per heavy atom. The SMILES string of the molecule is O=C(N/C=C/C1CCCCC1)NCCc1ccc(Br)cc1. The molecule has 1 aliphatic rings. The predicted octanol–water partition coefficient (Wildman–Crippen LogP) is 4.38. The standard InChI is InChI=1S/C17H23BrN2O/c18-16-8-6-15(7-9-16)11-13-20-17(21)19-12-10-14-4-2-1-3-5-14/h6-10,12,14H,1-5,11,13H2,(H2,19,20,21)/b12-10+. The average molecular weight is 351 g/mol. The van der Waals surface area contributed by atoms with Gasteiger partial charge in [-0.3, -0.25) is 0 Å². The van der Waals surface area contributed by atoms with E-state index in [1.54, 1.807) is 6.20 Å². The summed E-state index contributed by atoms with van der Waals surface area (Å²) in [7, 11) is 0. The van der Waals surface area contributed by atoms with Crippen LogP contribution >= 0.6 is 15.9 Å². The third kappa shape index (κ3) is 6.34. The van der Waals surface area contributed by atoms with Gasteiger partial charge in [0.25, 0.3) is 0 Å². The van der Waals surface area contributed by atoms with Crippen LogP contribution in [0.1, 0.15) is 37.7 Å². The summed E-state index contributed by atoms with van der Waals surface area (Å²) in [5.41, 5.74) is 1.22. The van der Waals surface area contributed by atoms with Gasteiger partial charge < -0.3 is 10.6 Å². The second-order valence-electron chi connectivity index (χ2n) is 5.53. The largest absolute Gasteiger partial charge is 0.338 e. The number of amides is 2. The van der Waals surface area contributed by atoms with Gasteiger partial charge >= 0.3 is 6.03 Å².